The number of benzene rings is 2. The molecule has 0 unspecified atom stereocenters. The highest BCUT2D eigenvalue weighted by molar-refractivity contribution is 6.39. The number of rotatable bonds is 7. The van der Waals surface area contributed by atoms with Gasteiger partial charge in [0.15, 0.2) is 0 Å². The number of hydrogen-bond acceptors (Lipinski definition) is 4. The number of hydrogen-bond donors (Lipinski definition) is 0. The third-order valence-electron chi connectivity index (χ3n) is 5.68. The molecular formula is C29H26Cl2N2O2. The van der Waals surface area contributed by atoms with Gasteiger partial charge in [0.25, 0.3) is 0 Å². The average molecular weight is 505 g/mol. The fourth-order valence-electron chi connectivity index (χ4n) is 3.92. The van der Waals surface area contributed by atoms with Crippen LogP contribution in [-0.4, -0.2) is 10.9 Å². The van der Waals surface area contributed by atoms with Crippen molar-refractivity contribution in [1.82, 2.24) is 5.16 Å². The first-order chi connectivity index (χ1) is 16.9. The minimum Gasteiger partial charge on any atom is -0.489 e. The van der Waals surface area contributed by atoms with Gasteiger partial charge in [-0.25, -0.2) is 0 Å². The highest BCUT2D eigenvalue weighted by Gasteiger charge is 2.23. The molecule has 0 aliphatic heterocycles. The van der Waals surface area contributed by atoms with E-state index in [0.717, 1.165) is 39.5 Å². The van der Waals surface area contributed by atoms with Crippen molar-refractivity contribution in [3.05, 3.63) is 112 Å². The van der Waals surface area contributed by atoms with E-state index in [1.54, 1.807) is 24.4 Å². The van der Waals surface area contributed by atoms with Crippen molar-refractivity contribution in [2.75, 3.05) is 0 Å². The summed E-state index contributed by atoms with van der Waals surface area (Å²) in [6.07, 6.45) is 9.76. The maximum Gasteiger partial charge on any atom is 0.146 e. The van der Waals surface area contributed by atoms with Gasteiger partial charge < -0.3 is 9.26 Å². The molecule has 0 bridgehead atoms. The maximum absolute atomic E-state index is 6.45. The van der Waals surface area contributed by atoms with Gasteiger partial charge in [-0.3, -0.25) is 4.99 Å². The van der Waals surface area contributed by atoms with E-state index < -0.39 is 0 Å². The largest absolute Gasteiger partial charge is 0.489 e. The van der Waals surface area contributed by atoms with Crippen molar-refractivity contribution in [2.24, 2.45) is 4.99 Å². The lowest BCUT2D eigenvalue weighted by atomic mass is 9.95. The van der Waals surface area contributed by atoms with E-state index >= 15 is 0 Å². The molecule has 0 saturated heterocycles. The number of halogens is 2. The van der Waals surface area contributed by atoms with Crippen LogP contribution < -0.4 is 4.74 Å². The van der Waals surface area contributed by atoms with Crippen molar-refractivity contribution in [3.8, 4) is 17.0 Å². The summed E-state index contributed by atoms with van der Waals surface area (Å²) in [6.45, 7) is 10.1. The van der Waals surface area contributed by atoms with Crippen LogP contribution in [0, 0.1) is 0 Å². The molecule has 3 aromatic rings. The quantitative estimate of drug-likeness (QED) is 0.322. The average Bonchev–Trinajstić information content (AvgIpc) is 3.27. The number of aliphatic imine (C=N–C) groups is 1. The molecule has 35 heavy (non-hydrogen) atoms. The summed E-state index contributed by atoms with van der Waals surface area (Å²) in [5, 5.41) is 5.32. The van der Waals surface area contributed by atoms with Gasteiger partial charge in [0.1, 0.15) is 23.8 Å². The van der Waals surface area contributed by atoms with E-state index in [9.17, 15) is 0 Å². The van der Waals surface area contributed by atoms with Crippen molar-refractivity contribution in [3.63, 3.8) is 0 Å². The fraction of sp³-hybridized carbons (Fsp3) is 0.172. The van der Waals surface area contributed by atoms with Crippen LogP contribution in [0.15, 0.2) is 94.6 Å². The van der Waals surface area contributed by atoms with Gasteiger partial charge in [0.05, 0.1) is 21.3 Å². The zero-order valence-corrected chi connectivity index (χ0v) is 21.4. The van der Waals surface area contributed by atoms with E-state index in [4.69, 9.17) is 32.5 Å². The molecule has 4 rings (SSSR count). The first kappa shape index (κ1) is 24.8. The molecule has 1 aliphatic rings. The van der Waals surface area contributed by atoms with Gasteiger partial charge in [-0.1, -0.05) is 79.1 Å². The van der Waals surface area contributed by atoms with Crippen LogP contribution >= 0.6 is 23.2 Å². The number of ether oxygens (including phenoxy) is 1. The molecular weight excluding hydrogens is 479 g/mol. The summed E-state index contributed by atoms with van der Waals surface area (Å²) in [5.41, 5.74) is 6.23. The second-order valence-corrected chi connectivity index (χ2v) is 9.13. The Morgan fingerprint density at radius 1 is 1.09 bits per heavy atom. The van der Waals surface area contributed by atoms with Crippen molar-refractivity contribution < 1.29 is 9.26 Å². The fourth-order valence-corrected chi connectivity index (χ4v) is 4.49. The third-order valence-corrected chi connectivity index (χ3v) is 6.31. The second kappa shape index (κ2) is 10.9. The molecule has 4 nitrogen and oxygen atoms in total. The molecule has 6 heteroatoms. The van der Waals surface area contributed by atoms with Gasteiger partial charge >= 0.3 is 0 Å². The Balaban J connectivity index is 1.57. The van der Waals surface area contributed by atoms with Crippen LogP contribution in [0.4, 0.5) is 0 Å². The molecule has 1 heterocycles. The molecule has 2 aromatic carbocycles. The van der Waals surface area contributed by atoms with E-state index in [1.807, 2.05) is 57.2 Å². The van der Waals surface area contributed by atoms with Crippen LogP contribution in [0.2, 0.25) is 10.0 Å². The highest BCUT2D eigenvalue weighted by Crippen LogP contribution is 2.39. The van der Waals surface area contributed by atoms with Crippen LogP contribution in [-0.2, 0) is 6.61 Å². The summed E-state index contributed by atoms with van der Waals surface area (Å²) in [6, 6.07) is 13.4. The topological polar surface area (TPSA) is 47.6 Å². The van der Waals surface area contributed by atoms with E-state index in [1.165, 1.54) is 0 Å². The van der Waals surface area contributed by atoms with Crippen molar-refractivity contribution in [2.45, 2.75) is 33.3 Å². The van der Waals surface area contributed by atoms with Crippen LogP contribution in [0.25, 0.3) is 16.8 Å². The molecule has 0 fully saturated rings. The maximum atomic E-state index is 6.45. The molecule has 0 N–H and O–H groups in total. The smallest absolute Gasteiger partial charge is 0.146 e. The van der Waals surface area contributed by atoms with Gasteiger partial charge in [0, 0.05) is 17.7 Å². The standard InChI is InChI=1S/C29H26Cl2N2O2/c1-5-19-16-21(12-15-26(19)32-6-2)20-10-13-22(14-11-20)34-17-23-28(33-35-29(23)18(3)4)27-24(30)8-7-9-25(27)31/h5-16,18H,2,17H2,1,3-4H3/b19-5-,32-26?. The monoisotopic (exact) mass is 504 g/mol. The first-order valence-electron chi connectivity index (χ1n) is 11.3. The Morgan fingerprint density at radius 3 is 2.43 bits per heavy atom. The number of aromatic nitrogens is 1. The van der Waals surface area contributed by atoms with Gasteiger partial charge in [0.2, 0.25) is 0 Å². The zero-order valence-electron chi connectivity index (χ0n) is 19.9. The second-order valence-electron chi connectivity index (χ2n) is 8.31. The Hall–Kier alpha value is -3.34. The minimum atomic E-state index is 0.124. The predicted octanol–water partition coefficient (Wildman–Crippen LogP) is 8.83. The predicted molar refractivity (Wildman–Crippen MR) is 145 cm³/mol. The lowest BCUT2D eigenvalue weighted by Gasteiger charge is -2.13. The van der Waals surface area contributed by atoms with Gasteiger partial charge in [-0.15, -0.1) is 0 Å². The zero-order chi connectivity index (χ0) is 24.9. The lowest BCUT2D eigenvalue weighted by molar-refractivity contribution is 0.298. The Kier molecular flexibility index (Phi) is 7.74. The number of nitrogens with zero attached hydrogens (tertiary/aromatic N) is 2. The summed E-state index contributed by atoms with van der Waals surface area (Å²) in [7, 11) is 0. The molecule has 0 amide bonds. The first-order valence-corrected chi connectivity index (χ1v) is 12.1. The molecule has 0 atom stereocenters. The van der Waals surface area contributed by atoms with E-state index in [0.29, 0.717) is 21.3 Å². The molecule has 0 saturated carbocycles. The summed E-state index contributed by atoms with van der Waals surface area (Å²) < 4.78 is 11.8. The molecule has 178 valence electrons. The van der Waals surface area contributed by atoms with Crippen LogP contribution in [0.5, 0.6) is 5.75 Å². The van der Waals surface area contributed by atoms with E-state index in [-0.39, 0.29) is 12.5 Å². The lowest BCUT2D eigenvalue weighted by Crippen LogP contribution is -2.02. The van der Waals surface area contributed by atoms with Crippen LogP contribution in [0.1, 0.15) is 43.6 Å². The molecule has 1 aliphatic carbocycles. The number of allylic oxidation sites excluding steroid dienone is 6. The Morgan fingerprint density at radius 2 is 1.80 bits per heavy atom. The Bertz CT molecular complexity index is 1340. The summed E-state index contributed by atoms with van der Waals surface area (Å²) in [4.78, 5) is 4.32. The molecule has 1 aromatic heterocycles. The minimum absolute atomic E-state index is 0.124. The summed E-state index contributed by atoms with van der Waals surface area (Å²) >= 11 is 12.9. The van der Waals surface area contributed by atoms with Gasteiger partial charge in [-0.2, -0.15) is 0 Å². The normalized spacial score (nSPS) is 15.7. The van der Waals surface area contributed by atoms with Crippen molar-refractivity contribution in [1.29, 1.82) is 0 Å². The van der Waals surface area contributed by atoms with Gasteiger partial charge in [-0.05, 0) is 60.1 Å². The van der Waals surface area contributed by atoms with Crippen molar-refractivity contribution >= 4 is 34.5 Å². The highest BCUT2D eigenvalue weighted by atomic mass is 35.5. The molecule has 0 spiro atoms. The van der Waals surface area contributed by atoms with Crippen LogP contribution in [0.3, 0.4) is 0 Å². The third kappa shape index (κ3) is 5.34. The molecule has 0 radical (unpaired) electrons. The summed E-state index contributed by atoms with van der Waals surface area (Å²) in [5.74, 6) is 1.61. The SMILES string of the molecule is C=CN=C1C=CC(c2ccc(OCc3c(-c4c(Cl)cccc4Cl)noc3C(C)C)cc2)=C/C1=C/C. The van der Waals surface area contributed by atoms with E-state index in [2.05, 4.69) is 28.9 Å². The Labute approximate surface area is 215 Å².